The largest absolute Gasteiger partial charge is 0.481 e. The number of carbonyl (C=O) groups excluding carboxylic acids is 1. The van der Waals surface area contributed by atoms with Crippen molar-refractivity contribution in [3.05, 3.63) is 18.3 Å². The van der Waals surface area contributed by atoms with E-state index < -0.39 is 5.54 Å². The molecule has 5 nitrogen and oxygen atoms in total. The summed E-state index contributed by atoms with van der Waals surface area (Å²) in [5, 5.41) is 6.16. The maximum Gasteiger partial charge on any atom is 0.244 e. The Kier molecular flexibility index (Phi) is 3.81. The van der Waals surface area contributed by atoms with Crippen molar-refractivity contribution < 1.29 is 9.53 Å². The molecule has 98 valence electrons. The van der Waals surface area contributed by atoms with Gasteiger partial charge in [-0.1, -0.05) is 0 Å². The summed E-state index contributed by atoms with van der Waals surface area (Å²) >= 11 is 0. The summed E-state index contributed by atoms with van der Waals surface area (Å²) in [6.45, 7) is 2.84. The maximum absolute atomic E-state index is 12.2. The Morgan fingerprint density at radius 2 is 2.33 bits per heavy atom. The maximum atomic E-state index is 12.2. The van der Waals surface area contributed by atoms with Crippen LogP contribution in [-0.2, 0) is 4.79 Å². The van der Waals surface area contributed by atoms with E-state index >= 15 is 0 Å². The highest BCUT2D eigenvalue weighted by atomic mass is 16.5. The molecule has 0 bridgehead atoms. The zero-order valence-electron chi connectivity index (χ0n) is 10.8. The van der Waals surface area contributed by atoms with Crippen molar-refractivity contribution in [2.75, 3.05) is 19.0 Å². The van der Waals surface area contributed by atoms with Gasteiger partial charge in [0.1, 0.15) is 0 Å². The van der Waals surface area contributed by atoms with E-state index in [-0.39, 0.29) is 5.91 Å². The second-order valence-electron chi connectivity index (χ2n) is 4.76. The number of nitrogens with zero attached hydrogens (tertiary/aromatic N) is 1. The minimum Gasteiger partial charge on any atom is -0.481 e. The highest BCUT2D eigenvalue weighted by Gasteiger charge is 2.34. The first-order chi connectivity index (χ1) is 8.64. The molecule has 1 aliphatic rings. The van der Waals surface area contributed by atoms with Crippen LogP contribution in [0.1, 0.15) is 26.2 Å². The zero-order valence-corrected chi connectivity index (χ0v) is 10.8. The molecule has 1 unspecified atom stereocenters. The van der Waals surface area contributed by atoms with Gasteiger partial charge in [-0.3, -0.25) is 4.79 Å². The summed E-state index contributed by atoms with van der Waals surface area (Å²) in [6, 6.07) is 3.52. The molecule has 1 fully saturated rings. The van der Waals surface area contributed by atoms with Crippen LogP contribution in [0.25, 0.3) is 0 Å². The van der Waals surface area contributed by atoms with Crippen molar-refractivity contribution in [3.8, 4) is 5.88 Å². The lowest BCUT2D eigenvalue weighted by Gasteiger charge is -2.33. The summed E-state index contributed by atoms with van der Waals surface area (Å²) in [5.41, 5.74) is 0.215. The molecule has 5 heteroatoms. The number of amides is 1. The van der Waals surface area contributed by atoms with Gasteiger partial charge in [0, 0.05) is 6.07 Å². The Hall–Kier alpha value is -1.62. The fraction of sp³-hybridized carbons (Fsp3) is 0.538. The van der Waals surface area contributed by atoms with Crippen molar-refractivity contribution >= 4 is 11.6 Å². The number of hydrogen-bond acceptors (Lipinski definition) is 4. The van der Waals surface area contributed by atoms with Crippen molar-refractivity contribution in [1.82, 2.24) is 10.3 Å². The third-order valence-electron chi connectivity index (χ3n) is 3.32. The molecule has 1 amide bonds. The summed E-state index contributed by atoms with van der Waals surface area (Å²) in [7, 11) is 1.56. The standard InChI is InChI=1S/C13H19N3O2/c1-13(7-3-4-8-15-13)12(17)16-10-5-6-11(18-2)14-9-10/h5-6,9,15H,3-4,7-8H2,1-2H3,(H,16,17). The first-order valence-electron chi connectivity index (χ1n) is 6.20. The van der Waals surface area contributed by atoms with Crippen LogP contribution in [0.2, 0.25) is 0 Å². The highest BCUT2D eigenvalue weighted by Crippen LogP contribution is 2.21. The fourth-order valence-corrected chi connectivity index (χ4v) is 2.09. The van der Waals surface area contributed by atoms with Gasteiger partial charge in [0.25, 0.3) is 0 Å². The Balaban J connectivity index is 2.01. The normalized spacial score (nSPS) is 23.4. The Bertz CT molecular complexity index is 411. The Morgan fingerprint density at radius 1 is 1.50 bits per heavy atom. The van der Waals surface area contributed by atoms with E-state index in [0.29, 0.717) is 11.6 Å². The molecular formula is C13H19N3O2. The molecule has 18 heavy (non-hydrogen) atoms. The summed E-state index contributed by atoms with van der Waals surface area (Å²) in [6.07, 6.45) is 4.68. The van der Waals surface area contributed by atoms with Crippen LogP contribution in [0.3, 0.4) is 0 Å². The van der Waals surface area contributed by atoms with E-state index in [9.17, 15) is 4.79 Å². The van der Waals surface area contributed by atoms with Gasteiger partial charge in [-0.15, -0.1) is 0 Å². The van der Waals surface area contributed by atoms with Crippen molar-refractivity contribution in [2.45, 2.75) is 31.7 Å². The first-order valence-corrected chi connectivity index (χ1v) is 6.20. The molecule has 1 saturated heterocycles. The smallest absolute Gasteiger partial charge is 0.244 e. The van der Waals surface area contributed by atoms with E-state index in [2.05, 4.69) is 15.6 Å². The van der Waals surface area contributed by atoms with Crippen LogP contribution in [-0.4, -0.2) is 30.1 Å². The molecule has 0 radical (unpaired) electrons. The molecule has 2 N–H and O–H groups in total. The topological polar surface area (TPSA) is 63.2 Å². The van der Waals surface area contributed by atoms with Gasteiger partial charge in [-0.05, 0) is 38.8 Å². The van der Waals surface area contributed by atoms with Crippen LogP contribution >= 0.6 is 0 Å². The Labute approximate surface area is 107 Å². The predicted octanol–water partition coefficient (Wildman–Crippen LogP) is 1.56. The number of methoxy groups -OCH3 is 1. The van der Waals surface area contributed by atoms with Crippen molar-refractivity contribution in [1.29, 1.82) is 0 Å². The average Bonchev–Trinajstić information content (AvgIpc) is 2.40. The second kappa shape index (κ2) is 5.35. The first kappa shape index (κ1) is 12.8. The number of hydrogen-bond donors (Lipinski definition) is 2. The summed E-state index contributed by atoms with van der Waals surface area (Å²) in [5.74, 6) is 0.532. The van der Waals surface area contributed by atoms with E-state index in [1.807, 2.05) is 6.92 Å². The lowest BCUT2D eigenvalue weighted by atomic mass is 9.90. The molecule has 0 spiro atoms. The molecule has 2 rings (SSSR count). The van der Waals surface area contributed by atoms with Crippen LogP contribution < -0.4 is 15.4 Å². The molecule has 1 atom stereocenters. The fourth-order valence-electron chi connectivity index (χ4n) is 2.09. The van der Waals surface area contributed by atoms with Gasteiger partial charge >= 0.3 is 0 Å². The lowest BCUT2D eigenvalue weighted by Crippen LogP contribution is -2.54. The quantitative estimate of drug-likeness (QED) is 0.853. The highest BCUT2D eigenvalue weighted by molar-refractivity contribution is 5.97. The van der Waals surface area contributed by atoms with E-state index in [4.69, 9.17) is 4.74 Å². The van der Waals surface area contributed by atoms with Crippen molar-refractivity contribution in [3.63, 3.8) is 0 Å². The number of anilines is 1. The number of pyridine rings is 1. The molecular weight excluding hydrogens is 230 g/mol. The average molecular weight is 249 g/mol. The number of ether oxygens (including phenoxy) is 1. The molecule has 2 heterocycles. The molecule has 0 aliphatic carbocycles. The molecule has 0 aromatic carbocycles. The van der Waals surface area contributed by atoms with Crippen molar-refractivity contribution in [2.24, 2.45) is 0 Å². The van der Waals surface area contributed by atoms with E-state index in [1.54, 1.807) is 25.4 Å². The van der Waals surface area contributed by atoms with Crippen LogP contribution in [0, 0.1) is 0 Å². The number of rotatable bonds is 3. The molecule has 0 saturated carbocycles. The van der Waals surface area contributed by atoms with Crippen LogP contribution in [0.4, 0.5) is 5.69 Å². The number of piperidine rings is 1. The van der Waals surface area contributed by atoms with Gasteiger partial charge in [0.05, 0.1) is 24.5 Å². The summed E-state index contributed by atoms with van der Waals surface area (Å²) in [4.78, 5) is 16.3. The van der Waals surface area contributed by atoms with Gasteiger partial charge in [-0.25, -0.2) is 4.98 Å². The van der Waals surface area contributed by atoms with Crippen LogP contribution in [0.15, 0.2) is 18.3 Å². The lowest BCUT2D eigenvalue weighted by molar-refractivity contribution is -0.122. The SMILES string of the molecule is COc1ccc(NC(=O)C2(C)CCCCN2)cn1. The number of aromatic nitrogens is 1. The molecule has 1 aliphatic heterocycles. The van der Waals surface area contributed by atoms with Gasteiger partial charge in [0.15, 0.2) is 0 Å². The van der Waals surface area contributed by atoms with E-state index in [0.717, 1.165) is 25.8 Å². The van der Waals surface area contributed by atoms with Gasteiger partial charge < -0.3 is 15.4 Å². The zero-order chi connectivity index (χ0) is 13.0. The third-order valence-corrected chi connectivity index (χ3v) is 3.32. The Morgan fingerprint density at radius 3 is 2.89 bits per heavy atom. The third kappa shape index (κ3) is 2.79. The monoisotopic (exact) mass is 249 g/mol. The molecule has 1 aromatic heterocycles. The number of nitrogens with one attached hydrogen (secondary N) is 2. The van der Waals surface area contributed by atoms with E-state index in [1.165, 1.54) is 0 Å². The minimum atomic E-state index is -0.474. The van der Waals surface area contributed by atoms with Crippen LogP contribution in [0.5, 0.6) is 5.88 Å². The minimum absolute atomic E-state index is 0.00540. The number of carbonyl (C=O) groups is 1. The predicted molar refractivity (Wildman–Crippen MR) is 69.7 cm³/mol. The van der Waals surface area contributed by atoms with Gasteiger partial charge in [-0.2, -0.15) is 0 Å². The summed E-state index contributed by atoms with van der Waals surface area (Å²) < 4.78 is 4.97. The second-order valence-corrected chi connectivity index (χ2v) is 4.76. The molecule has 1 aromatic rings. The van der Waals surface area contributed by atoms with Gasteiger partial charge in [0.2, 0.25) is 11.8 Å².